The number of para-hydroxylation sites is 1. The number of hydrogen-bond donors (Lipinski definition) is 0. The molecule has 0 saturated carbocycles. The van der Waals surface area contributed by atoms with Crippen molar-refractivity contribution in [1.29, 1.82) is 0 Å². The van der Waals surface area contributed by atoms with Crippen LogP contribution >= 0.6 is 11.3 Å². The third-order valence-electron chi connectivity index (χ3n) is 3.47. The van der Waals surface area contributed by atoms with Crippen LogP contribution in [0.3, 0.4) is 0 Å². The third-order valence-corrected chi connectivity index (χ3v) is 4.38. The van der Waals surface area contributed by atoms with Gasteiger partial charge in [-0.15, -0.1) is 15.3 Å². The molecule has 1 aromatic carbocycles. The van der Waals surface area contributed by atoms with Gasteiger partial charge in [-0.05, 0) is 12.1 Å². The van der Waals surface area contributed by atoms with Gasteiger partial charge in [-0.1, -0.05) is 37.3 Å². The van der Waals surface area contributed by atoms with Crippen LogP contribution in [0.25, 0.3) is 26.7 Å². The Balaban J connectivity index is 1.88. The molecule has 0 bridgehead atoms. The Bertz CT molecular complexity index is 967. The van der Waals surface area contributed by atoms with Crippen LogP contribution in [-0.2, 0) is 0 Å². The first-order valence-corrected chi connectivity index (χ1v) is 7.78. The van der Waals surface area contributed by atoms with Gasteiger partial charge in [0.05, 0.1) is 7.11 Å². The summed E-state index contributed by atoms with van der Waals surface area (Å²) in [5, 5.41) is 14.7. The van der Waals surface area contributed by atoms with Crippen molar-refractivity contribution in [3.63, 3.8) is 0 Å². The number of ether oxygens (including phenoxy) is 1. The van der Waals surface area contributed by atoms with E-state index in [0.717, 1.165) is 32.5 Å². The van der Waals surface area contributed by atoms with Crippen LogP contribution in [-0.4, -0.2) is 26.9 Å². The van der Waals surface area contributed by atoms with Gasteiger partial charge >= 0.3 is 0 Å². The molecule has 0 aliphatic carbocycles. The number of aromatic nitrogens is 4. The fourth-order valence-corrected chi connectivity index (χ4v) is 3.19. The lowest BCUT2D eigenvalue weighted by molar-refractivity contribution is 0.411. The maximum Gasteiger partial charge on any atom is 0.235 e. The molecule has 6 nitrogen and oxygen atoms in total. The summed E-state index contributed by atoms with van der Waals surface area (Å²) in [6.07, 6.45) is 0. The van der Waals surface area contributed by atoms with Crippen molar-refractivity contribution in [2.24, 2.45) is 0 Å². The minimum absolute atomic E-state index is 0.265. The van der Waals surface area contributed by atoms with Gasteiger partial charge in [0, 0.05) is 11.3 Å². The van der Waals surface area contributed by atoms with Gasteiger partial charge in [-0.2, -0.15) is 4.52 Å². The van der Waals surface area contributed by atoms with E-state index in [1.54, 1.807) is 11.6 Å². The van der Waals surface area contributed by atoms with Gasteiger partial charge in [0.1, 0.15) is 0 Å². The van der Waals surface area contributed by atoms with E-state index >= 15 is 0 Å². The molecule has 0 amide bonds. The molecule has 0 aliphatic heterocycles. The van der Waals surface area contributed by atoms with E-state index < -0.39 is 0 Å². The molecule has 0 aliphatic rings. The Labute approximate surface area is 130 Å². The van der Waals surface area contributed by atoms with Crippen LogP contribution in [0.1, 0.15) is 25.6 Å². The average molecular weight is 314 g/mol. The first-order valence-electron chi connectivity index (χ1n) is 6.96. The number of nitrogens with zero attached hydrogens (tertiary/aromatic N) is 4. The first kappa shape index (κ1) is 13.3. The number of fused-ring (bicyclic) bond motifs is 2. The van der Waals surface area contributed by atoms with Crippen molar-refractivity contribution < 1.29 is 9.15 Å². The summed E-state index contributed by atoms with van der Waals surface area (Å²) in [6, 6.07) is 7.78. The highest BCUT2D eigenvalue weighted by Gasteiger charge is 2.18. The van der Waals surface area contributed by atoms with Gasteiger partial charge < -0.3 is 9.15 Å². The molecular weight excluding hydrogens is 300 g/mol. The predicted molar refractivity (Wildman–Crippen MR) is 84.5 cm³/mol. The van der Waals surface area contributed by atoms with Crippen molar-refractivity contribution >= 4 is 27.3 Å². The molecular formula is C15H14N4O2S. The van der Waals surface area contributed by atoms with Crippen LogP contribution in [0.15, 0.2) is 28.7 Å². The lowest BCUT2D eigenvalue weighted by atomic mass is 10.2. The van der Waals surface area contributed by atoms with Crippen molar-refractivity contribution in [1.82, 2.24) is 19.8 Å². The molecule has 0 unspecified atom stereocenters. The van der Waals surface area contributed by atoms with E-state index in [1.165, 1.54) is 11.3 Å². The molecule has 112 valence electrons. The topological polar surface area (TPSA) is 65.5 Å². The Morgan fingerprint density at radius 2 is 2.14 bits per heavy atom. The summed E-state index contributed by atoms with van der Waals surface area (Å²) in [7, 11) is 1.63. The van der Waals surface area contributed by atoms with E-state index in [2.05, 4.69) is 29.1 Å². The van der Waals surface area contributed by atoms with E-state index in [1.807, 2.05) is 24.3 Å². The quantitative estimate of drug-likeness (QED) is 0.576. The average Bonchev–Trinajstić information content (AvgIpc) is 3.18. The minimum Gasteiger partial charge on any atom is -0.493 e. The van der Waals surface area contributed by atoms with Crippen molar-refractivity contribution in [3.05, 3.63) is 30.1 Å². The zero-order valence-corrected chi connectivity index (χ0v) is 13.2. The summed E-state index contributed by atoms with van der Waals surface area (Å²) >= 11 is 1.46. The third kappa shape index (κ3) is 1.89. The number of rotatable bonds is 3. The molecule has 0 atom stereocenters. The van der Waals surface area contributed by atoms with E-state index in [4.69, 9.17) is 9.15 Å². The molecule has 7 heteroatoms. The van der Waals surface area contributed by atoms with Gasteiger partial charge in [-0.25, -0.2) is 0 Å². The fraction of sp³-hybridized carbons (Fsp3) is 0.267. The second-order valence-corrected chi connectivity index (χ2v) is 6.26. The van der Waals surface area contributed by atoms with Crippen LogP contribution in [0.2, 0.25) is 0 Å². The largest absolute Gasteiger partial charge is 0.493 e. The van der Waals surface area contributed by atoms with Crippen molar-refractivity contribution in [2.75, 3.05) is 7.11 Å². The van der Waals surface area contributed by atoms with Crippen molar-refractivity contribution in [2.45, 2.75) is 19.8 Å². The summed E-state index contributed by atoms with van der Waals surface area (Å²) in [5.41, 5.74) is 0.732. The predicted octanol–water partition coefficient (Wildman–Crippen LogP) is 3.73. The second kappa shape index (κ2) is 4.81. The Hall–Kier alpha value is -2.41. The van der Waals surface area contributed by atoms with Gasteiger partial charge in [0.25, 0.3) is 0 Å². The number of hydrogen-bond acceptors (Lipinski definition) is 6. The number of methoxy groups -OCH3 is 1. The van der Waals surface area contributed by atoms with E-state index in [9.17, 15) is 0 Å². The molecule has 0 spiro atoms. The number of benzene rings is 1. The highest BCUT2D eigenvalue weighted by molar-refractivity contribution is 7.19. The zero-order chi connectivity index (χ0) is 15.3. The fourth-order valence-electron chi connectivity index (χ4n) is 2.39. The maximum absolute atomic E-state index is 5.94. The van der Waals surface area contributed by atoms with Gasteiger partial charge in [0.2, 0.25) is 4.96 Å². The smallest absolute Gasteiger partial charge is 0.235 e. The molecule has 0 saturated heterocycles. The summed E-state index contributed by atoms with van der Waals surface area (Å²) in [5.74, 6) is 2.55. The Morgan fingerprint density at radius 3 is 2.91 bits per heavy atom. The molecule has 22 heavy (non-hydrogen) atoms. The van der Waals surface area contributed by atoms with Gasteiger partial charge in [-0.3, -0.25) is 0 Å². The normalized spacial score (nSPS) is 11.8. The summed E-state index contributed by atoms with van der Waals surface area (Å²) in [4.78, 5) is 0.770. The molecule has 0 radical (unpaired) electrons. The van der Waals surface area contributed by atoms with Crippen LogP contribution in [0, 0.1) is 0 Å². The zero-order valence-electron chi connectivity index (χ0n) is 12.4. The monoisotopic (exact) mass is 314 g/mol. The Morgan fingerprint density at radius 1 is 1.27 bits per heavy atom. The molecule has 0 N–H and O–H groups in total. The molecule has 4 rings (SSSR count). The van der Waals surface area contributed by atoms with E-state index in [0.29, 0.717) is 5.76 Å². The number of furan rings is 1. The molecule has 3 heterocycles. The van der Waals surface area contributed by atoms with Crippen LogP contribution < -0.4 is 4.74 Å². The van der Waals surface area contributed by atoms with E-state index in [-0.39, 0.29) is 5.92 Å². The highest BCUT2D eigenvalue weighted by atomic mass is 32.1. The minimum atomic E-state index is 0.265. The van der Waals surface area contributed by atoms with Crippen molar-refractivity contribution in [3.8, 4) is 16.5 Å². The van der Waals surface area contributed by atoms with Gasteiger partial charge in [0.15, 0.2) is 27.9 Å². The highest BCUT2D eigenvalue weighted by Crippen LogP contribution is 2.35. The first-order chi connectivity index (χ1) is 10.7. The summed E-state index contributed by atoms with van der Waals surface area (Å²) in [6.45, 7) is 4.14. The SMILES string of the molecule is COc1cccc2cc(-c3nn4c(C(C)C)nnc4s3)oc12. The summed E-state index contributed by atoms with van der Waals surface area (Å²) < 4.78 is 13.1. The van der Waals surface area contributed by atoms with Crippen LogP contribution in [0.4, 0.5) is 0 Å². The molecule has 3 aromatic heterocycles. The van der Waals surface area contributed by atoms with Crippen LogP contribution in [0.5, 0.6) is 5.75 Å². The standard InChI is InChI=1S/C15H14N4O2S/c1-8(2)13-16-17-15-19(13)18-14(22-15)11-7-9-5-4-6-10(20-3)12(9)21-11/h4-8H,1-3H3. The lowest BCUT2D eigenvalue weighted by Gasteiger charge is -1.98. The maximum atomic E-state index is 5.94. The second-order valence-electron chi connectivity index (χ2n) is 5.30. The molecule has 4 aromatic rings. The Kier molecular flexibility index (Phi) is 2.90. The lowest BCUT2D eigenvalue weighted by Crippen LogP contribution is -1.97. The molecule has 0 fully saturated rings.